The first-order valence-electron chi connectivity index (χ1n) is 10.5. The zero-order chi connectivity index (χ0) is 24.9. The number of hydrogen-bond donors (Lipinski definition) is 5. The number of nitrogens with one attached hydrogen (secondary N) is 2. The molecule has 0 spiro atoms. The molecule has 0 aliphatic carbocycles. The standard InChI is InChI=1S/C24H27N5O4S/c1-15(2)22(27-19-7-5-6-17(14-19)23(25)29-31)24(30)28-18-12-10-16(11-13-18)20-8-3-4-9-21(20)34(26,32)33/h3-15,22,27,31H,1-2H3,(H2,25,29)(H,28,30)(H2,26,32,33)/t22-/m0/s1. The van der Waals surface area contributed by atoms with Gasteiger partial charge in [-0.2, -0.15) is 0 Å². The molecule has 0 bridgehead atoms. The third kappa shape index (κ3) is 5.91. The van der Waals surface area contributed by atoms with Crippen LogP contribution in [0.4, 0.5) is 11.4 Å². The lowest BCUT2D eigenvalue weighted by atomic mass is 10.0. The molecular formula is C24H27N5O4S. The highest BCUT2D eigenvalue weighted by atomic mass is 32.2. The third-order valence-corrected chi connectivity index (χ3v) is 6.16. The van der Waals surface area contributed by atoms with E-state index in [4.69, 9.17) is 16.1 Å². The molecule has 0 aromatic heterocycles. The summed E-state index contributed by atoms with van der Waals surface area (Å²) in [5.74, 6) is -0.325. The first-order chi connectivity index (χ1) is 16.1. The average molecular weight is 482 g/mol. The Hall–Kier alpha value is -3.89. The molecule has 1 atom stereocenters. The number of primary sulfonamides is 1. The van der Waals surface area contributed by atoms with Crippen LogP contribution < -0.4 is 21.5 Å². The Morgan fingerprint density at radius 1 is 0.971 bits per heavy atom. The van der Waals surface area contributed by atoms with Crippen molar-refractivity contribution in [3.8, 4) is 11.1 Å². The van der Waals surface area contributed by atoms with E-state index in [1.807, 2.05) is 13.8 Å². The molecule has 0 heterocycles. The zero-order valence-corrected chi connectivity index (χ0v) is 19.6. The zero-order valence-electron chi connectivity index (χ0n) is 18.8. The van der Waals surface area contributed by atoms with Crippen molar-refractivity contribution in [2.24, 2.45) is 21.9 Å². The number of carbonyl (C=O) groups excluding carboxylic acids is 1. The lowest BCUT2D eigenvalue weighted by Crippen LogP contribution is -2.38. The maximum atomic E-state index is 13.0. The van der Waals surface area contributed by atoms with Crippen LogP contribution in [0, 0.1) is 5.92 Å². The fourth-order valence-corrected chi connectivity index (χ4v) is 4.21. The first-order valence-corrected chi connectivity index (χ1v) is 12.0. The molecule has 0 saturated carbocycles. The fraction of sp³-hybridized carbons (Fsp3) is 0.167. The van der Waals surface area contributed by atoms with E-state index in [0.29, 0.717) is 28.1 Å². The Balaban J connectivity index is 1.78. The lowest BCUT2D eigenvalue weighted by Gasteiger charge is -2.23. The second kappa shape index (κ2) is 10.4. The van der Waals surface area contributed by atoms with Gasteiger partial charge in [-0.05, 0) is 41.8 Å². The number of sulfonamides is 1. The van der Waals surface area contributed by atoms with Crippen molar-refractivity contribution in [1.29, 1.82) is 0 Å². The summed E-state index contributed by atoms with van der Waals surface area (Å²) in [6.07, 6.45) is 0. The minimum absolute atomic E-state index is 0.0294. The molecule has 0 aliphatic rings. The van der Waals surface area contributed by atoms with Gasteiger partial charge in [0.15, 0.2) is 5.84 Å². The number of nitrogens with zero attached hydrogens (tertiary/aromatic N) is 1. The van der Waals surface area contributed by atoms with Crippen LogP contribution in [-0.4, -0.2) is 31.4 Å². The summed E-state index contributed by atoms with van der Waals surface area (Å²) in [4.78, 5) is 13.0. The van der Waals surface area contributed by atoms with Gasteiger partial charge in [0.05, 0.1) is 4.90 Å². The predicted molar refractivity (Wildman–Crippen MR) is 133 cm³/mol. The van der Waals surface area contributed by atoms with E-state index >= 15 is 0 Å². The minimum Gasteiger partial charge on any atom is -0.409 e. The van der Waals surface area contributed by atoms with E-state index in [1.54, 1.807) is 66.7 Å². The van der Waals surface area contributed by atoms with Crippen LogP contribution in [0.2, 0.25) is 0 Å². The third-order valence-electron chi connectivity index (χ3n) is 5.19. The summed E-state index contributed by atoms with van der Waals surface area (Å²) >= 11 is 0. The van der Waals surface area contributed by atoms with Crippen molar-refractivity contribution < 1.29 is 18.4 Å². The van der Waals surface area contributed by atoms with E-state index in [-0.39, 0.29) is 22.6 Å². The predicted octanol–water partition coefficient (Wildman–Crippen LogP) is 3.17. The number of nitrogens with two attached hydrogens (primary N) is 2. The lowest BCUT2D eigenvalue weighted by molar-refractivity contribution is -0.117. The second-order valence-electron chi connectivity index (χ2n) is 8.04. The summed E-state index contributed by atoms with van der Waals surface area (Å²) in [7, 11) is -3.88. The fourth-order valence-electron chi connectivity index (χ4n) is 3.45. The van der Waals surface area contributed by atoms with Crippen LogP contribution in [0.1, 0.15) is 19.4 Å². The molecule has 0 radical (unpaired) electrons. The Bertz CT molecular complexity index is 1300. The molecule has 0 saturated heterocycles. The van der Waals surface area contributed by atoms with Gasteiger partial charge in [-0.1, -0.05) is 61.5 Å². The van der Waals surface area contributed by atoms with Gasteiger partial charge in [0.2, 0.25) is 15.9 Å². The van der Waals surface area contributed by atoms with E-state index in [0.717, 1.165) is 0 Å². The number of carbonyl (C=O) groups is 1. The molecule has 178 valence electrons. The summed E-state index contributed by atoms with van der Waals surface area (Å²) in [6, 6.07) is 19.6. The van der Waals surface area contributed by atoms with Gasteiger partial charge in [0.25, 0.3) is 0 Å². The largest absolute Gasteiger partial charge is 0.409 e. The highest BCUT2D eigenvalue weighted by Crippen LogP contribution is 2.27. The Morgan fingerprint density at radius 2 is 1.65 bits per heavy atom. The molecule has 3 aromatic rings. The van der Waals surface area contributed by atoms with Crippen molar-refractivity contribution in [2.75, 3.05) is 10.6 Å². The minimum atomic E-state index is -3.88. The highest BCUT2D eigenvalue weighted by Gasteiger charge is 2.22. The summed E-state index contributed by atoms with van der Waals surface area (Å²) in [5.41, 5.74) is 8.51. The molecule has 0 aliphatic heterocycles. The smallest absolute Gasteiger partial charge is 0.247 e. The number of amides is 1. The Kier molecular flexibility index (Phi) is 7.54. The molecule has 3 rings (SSSR count). The topological polar surface area (TPSA) is 160 Å². The van der Waals surface area contributed by atoms with E-state index < -0.39 is 16.1 Å². The highest BCUT2D eigenvalue weighted by molar-refractivity contribution is 7.89. The Labute approximate surface area is 198 Å². The van der Waals surface area contributed by atoms with Crippen molar-refractivity contribution in [2.45, 2.75) is 24.8 Å². The average Bonchev–Trinajstić information content (AvgIpc) is 2.82. The van der Waals surface area contributed by atoms with Crippen LogP contribution >= 0.6 is 0 Å². The van der Waals surface area contributed by atoms with Gasteiger partial charge in [0.1, 0.15) is 6.04 Å². The maximum absolute atomic E-state index is 13.0. The quantitative estimate of drug-likeness (QED) is 0.144. The SMILES string of the molecule is CC(C)[C@H](Nc1cccc(C(N)=NO)c1)C(=O)Nc1ccc(-c2ccccc2S(N)(=O)=O)cc1. The Morgan fingerprint density at radius 3 is 2.26 bits per heavy atom. The summed E-state index contributed by atoms with van der Waals surface area (Å²) in [5, 5.41) is 23.3. The van der Waals surface area contributed by atoms with Crippen molar-refractivity contribution >= 4 is 33.1 Å². The summed E-state index contributed by atoms with van der Waals surface area (Å²) < 4.78 is 23.8. The van der Waals surface area contributed by atoms with Gasteiger partial charge in [-0.25, -0.2) is 13.6 Å². The molecule has 3 aromatic carbocycles. The molecule has 0 unspecified atom stereocenters. The van der Waals surface area contributed by atoms with Gasteiger partial charge in [0, 0.05) is 22.5 Å². The summed E-state index contributed by atoms with van der Waals surface area (Å²) in [6.45, 7) is 3.83. The number of oxime groups is 1. The van der Waals surface area contributed by atoms with Crippen molar-refractivity contribution in [3.05, 3.63) is 78.4 Å². The second-order valence-corrected chi connectivity index (χ2v) is 9.57. The number of hydrogen-bond acceptors (Lipinski definition) is 6. The van der Waals surface area contributed by atoms with Gasteiger partial charge < -0.3 is 21.6 Å². The van der Waals surface area contributed by atoms with Crippen molar-refractivity contribution in [1.82, 2.24) is 0 Å². The molecule has 34 heavy (non-hydrogen) atoms. The van der Waals surface area contributed by atoms with Gasteiger partial charge in [-0.15, -0.1) is 0 Å². The number of rotatable bonds is 8. The first kappa shape index (κ1) is 24.7. The molecule has 10 heteroatoms. The van der Waals surface area contributed by atoms with Gasteiger partial charge in [-0.3, -0.25) is 4.79 Å². The van der Waals surface area contributed by atoms with E-state index in [9.17, 15) is 13.2 Å². The van der Waals surface area contributed by atoms with Crippen molar-refractivity contribution in [3.63, 3.8) is 0 Å². The number of anilines is 2. The normalized spacial score (nSPS) is 12.9. The molecule has 1 amide bonds. The number of amidine groups is 1. The molecule has 0 fully saturated rings. The van der Waals surface area contributed by atoms with Crippen LogP contribution in [0.3, 0.4) is 0 Å². The van der Waals surface area contributed by atoms with Crippen LogP contribution in [0.25, 0.3) is 11.1 Å². The van der Waals surface area contributed by atoms with E-state index in [2.05, 4.69) is 15.8 Å². The monoisotopic (exact) mass is 481 g/mol. The van der Waals surface area contributed by atoms with Crippen LogP contribution in [-0.2, 0) is 14.8 Å². The number of benzene rings is 3. The maximum Gasteiger partial charge on any atom is 0.247 e. The van der Waals surface area contributed by atoms with Crippen LogP contribution in [0.15, 0.2) is 82.8 Å². The van der Waals surface area contributed by atoms with Gasteiger partial charge >= 0.3 is 0 Å². The van der Waals surface area contributed by atoms with E-state index in [1.165, 1.54) is 6.07 Å². The van der Waals surface area contributed by atoms with Crippen LogP contribution in [0.5, 0.6) is 0 Å². The molecule has 9 nitrogen and oxygen atoms in total. The molecule has 7 N–H and O–H groups in total. The molecular weight excluding hydrogens is 454 g/mol.